The minimum Gasteiger partial charge on any atom is -0.493 e. The van der Waals surface area contributed by atoms with Gasteiger partial charge in [0.2, 0.25) is 5.95 Å². The Bertz CT molecular complexity index is 645. The van der Waals surface area contributed by atoms with Crippen molar-refractivity contribution in [2.45, 2.75) is 37.8 Å². The SMILES string of the molecule is COc1cc2nc(N)n(C3CCC(O)CC3)c2cc1OC. The zero-order chi connectivity index (χ0) is 15.0. The summed E-state index contributed by atoms with van der Waals surface area (Å²) in [5.41, 5.74) is 7.86. The molecule has 0 radical (unpaired) electrons. The van der Waals surface area contributed by atoms with Crippen LogP contribution in [0.1, 0.15) is 31.7 Å². The number of methoxy groups -OCH3 is 2. The second-order valence-corrected chi connectivity index (χ2v) is 5.50. The lowest BCUT2D eigenvalue weighted by molar-refractivity contribution is 0.112. The number of nitrogen functional groups attached to an aromatic ring is 1. The second kappa shape index (κ2) is 5.44. The molecule has 0 saturated heterocycles. The predicted octanol–water partition coefficient (Wildman–Crippen LogP) is 2.11. The third kappa shape index (κ3) is 2.40. The second-order valence-electron chi connectivity index (χ2n) is 5.50. The molecular weight excluding hydrogens is 270 g/mol. The van der Waals surface area contributed by atoms with Crippen LogP contribution in [0.5, 0.6) is 11.5 Å². The fourth-order valence-electron chi connectivity index (χ4n) is 3.14. The fraction of sp³-hybridized carbons (Fsp3) is 0.533. The summed E-state index contributed by atoms with van der Waals surface area (Å²) >= 11 is 0. The van der Waals surface area contributed by atoms with Gasteiger partial charge in [-0.25, -0.2) is 4.98 Å². The van der Waals surface area contributed by atoms with Crippen LogP contribution in [0.15, 0.2) is 12.1 Å². The molecule has 1 aliphatic rings. The molecule has 0 atom stereocenters. The highest BCUT2D eigenvalue weighted by molar-refractivity contribution is 5.82. The van der Waals surface area contributed by atoms with E-state index in [-0.39, 0.29) is 12.1 Å². The molecule has 6 heteroatoms. The zero-order valence-electron chi connectivity index (χ0n) is 12.4. The van der Waals surface area contributed by atoms with E-state index in [1.807, 2.05) is 12.1 Å². The van der Waals surface area contributed by atoms with Crippen LogP contribution in [0.2, 0.25) is 0 Å². The summed E-state index contributed by atoms with van der Waals surface area (Å²) in [5.74, 6) is 1.82. The summed E-state index contributed by atoms with van der Waals surface area (Å²) in [6.07, 6.45) is 3.23. The number of ether oxygens (including phenoxy) is 2. The van der Waals surface area contributed by atoms with Crippen molar-refractivity contribution in [1.29, 1.82) is 0 Å². The zero-order valence-corrected chi connectivity index (χ0v) is 12.4. The van der Waals surface area contributed by atoms with E-state index in [0.717, 1.165) is 36.7 Å². The summed E-state index contributed by atoms with van der Waals surface area (Å²) in [6.45, 7) is 0. The number of hydrogen-bond acceptors (Lipinski definition) is 5. The average molecular weight is 291 g/mol. The molecule has 1 saturated carbocycles. The van der Waals surface area contributed by atoms with Gasteiger partial charge in [0.25, 0.3) is 0 Å². The first-order valence-corrected chi connectivity index (χ1v) is 7.21. The van der Waals surface area contributed by atoms with Gasteiger partial charge in [-0.05, 0) is 25.7 Å². The van der Waals surface area contributed by atoms with Crippen molar-refractivity contribution >= 4 is 17.0 Å². The van der Waals surface area contributed by atoms with Crippen LogP contribution in [-0.2, 0) is 0 Å². The smallest absolute Gasteiger partial charge is 0.201 e. The van der Waals surface area contributed by atoms with Gasteiger partial charge in [-0.1, -0.05) is 0 Å². The summed E-state index contributed by atoms with van der Waals surface area (Å²) in [4.78, 5) is 4.43. The van der Waals surface area contributed by atoms with Gasteiger partial charge < -0.3 is 24.9 Å². The molecule has 0 unspecified atom stereocenters. The van der Waals surface area contributed by atoms with Gasteiger partial charge in [-0.2, -0.15) is 0 Å². The number of hydrogen-bond donors (Lipinski definition) is 2. The van der Waals surface area contributed by atoms with Gasteiger partial charge in [0.15, 0.2) is 11.5 Å². The first-order valence-electron chi connectivity index (χ1n) is 7.21. The van der Waals surface area contributed by atoms with Crippen LogP contribution in [0.3, 0.4) is 0 Å². The summed E-state index contributed by atoms with van der Waals surface area (Å²) < 4.78 is 12.7. The van der Waals surface area contributed by atoms with E-state index in [4.69, 9.17) is 15.2 Å². The number of benzene rings is 1. The molecule has 2 aromatic rings. The Balaban J connectivity index is 2.07. The quantitative estimate of drug-likeness (QED) is 0.905. The first-order chi connectivity index (χ1) is 10.1. The number of aromatic nitrogens is 2. The third-order valence-corrected chi connectivity index (χ3v) is 4.25. The van der Waals surface area contributed by atoms with Crippen molar-refractivity contribution in [3.63, 3.8) is 0 Å². The molecular formula is C15H21N3O3. The van der Waals surface area contributed by atoms with Crippen molar-refractivity contribution in [2.75, 3.05) is 20.0 Å². The average Bonchev–Trinajstić information content (AvgIpc) is 2.81. The Morgan fingerprint density at radius 2 is 1.76 bits per heavy atom. The number of nitrogens with zero attached hydrogens (tertiary/aromatic N) is 2. The van der Waals surface area contributed by atoms with E-state index in [2.05, 4.69) is 9.55 Å². The van der Waals surface area contributed by atoms with Crippen molar-refractivity contribution in [2.24, 2.45) is 0 Å². The normalized spacial score (nSPS) is 22.4. The molecule has 1 aromatic carbocycles. The Morgan fingerprint density at radius 3 is 2.38 bits per heavy atom. The molecule has 3 rings (SSSR count). The molecule has 21 heavy (non-hydrogen) atoms. The maximum Gasteiger partial charge on any atom is 0.201 e. The molecule has 6 nitrogen and oxygen atoms in total. The Morgan fingerprint density at radius 1 is 1.14 bits per heavy atom. The predicted molar refractivity (Wildman–Crippen MR) is 80.8 cm³/mol. The highest BCUT2D eigenvalue weighted by Crippen LogP contribution is 2.37. The molecule has 0 spiro atoms. The largest absolute Gasteiger partial charge is 0.493 e. The highest BCUT2D eigenvalue weighted by atomic mass is 16.5. The minimum atomic E-state index is -0.188. The maximum absolute atomic E-state index is 9.66. The lowest BCUT2D eigenvalue weighted by Crippen LogP contribution is -2.22. The molecule has 0 amide bonds. The van der Waals surface area contributed by atoms with E-state index >= 15 is 0 Å². The molecule has 1 fully saturated rings. The monoisotopic (exact) mass is 291 g/mol. The van der Waals surface area contributed by atoms with Crippen molar-refractivity contribution in [3.05, 3.63) is 12.1 Å². The molecule has 1 heterocycles. The Kier molecular flexibility index (Phi) is 3.63. The van der Waals surface area contributed by atoms with Crippen LogP contribution in [-0.4, -0.2) is 35.0 Å². The standard InChI is InChI=1S/C15H21N3O3/c1-20-13-7-11-12(8-14(13)21-2)18(15(16)17-11)9-3-5-10(19)6-4-9/h7-10,19H,3-6H2,1-2H3,(H2,16,17). The van der Waals surface area contributed by atoms with Crippen LogP contribution in [0.4, 0.5) is 5.95 Å². The molecule has 0 aliphatic heterocycles. The van der Waals surface area contributed by atoms with Gasteiger partial charge in [0.05, 0.1) is 31.4 Å². The summed E-state index contributed by atoms with van der Waals surface area (Å²) in [6, 6.07) is 4.04. The topological polar surface area (TPSA) is 82.5 Å². The summed E-state index contributed by atoms with van der Waals surface area (Å²) in [7, 11) is 3.22. The summed E-state index contributed by atoms with van der Waals surface area (Å²) in [5, 5.41) is 9.66. The number of anilines is 1. The number of rotatable bonds is 3. The van der Waals surface area contributed by atoms with E-state index in [1.54, 1.807) is 14.2 Å². The number of aliphatic hydroxyl groups excluding tert-OH is 1. The van der Waals surface area contributed by atoms with Crippen LogP contribution >= 0.6 is 0 Å². The van der Waals surface area contributed by atoms with Crippen LogP contribution < -0.4 is 15.2 Å². The number of aliphatic hydroxyl groups is 1. The van der Waals surface area contributed by atoms with Gasteiger partial charge >= 0.3 is 0 Å². The third-order valence-electron chi connectivity index (χ3n) is 4.25. The van der Waals surface area contributed by atoms with Crippen molar-refractivity contribution in [3.8, 4) is 11.5 Å². The molecule has 0 bridgehead atoms. The van der Waals surface area contributed by atoms with Crippen LogP contribution in [0.25, 0.3) is 11.0 Å². The lowest BCUT2D eigenvalue weighted by Gasteiger charge is -2.27. The van der Waals surface area contributed by atoms with E-state index in [0.29, 0.717) is 17.4 Å². The van der Waals surface area contributed by atoms with Crippen molar-refractivity contribution < 1.29 is 14.6 Å². The number of imidazole rings is 1. The Labute approximate surface area is 123 Å². The molecule has 1 aromatic heterocycles. The van der Waals surface area contributed by atoms with E-state index < -0.39 is 0 Å². The number of fused-ring (bicyclic) bond motifs is 1. The highest BCUT2D eigenvalue weighted by Gasteiger charge is 2.24. The van der Waals surface area contributed by atoms with Gasteiger partial charge in [0.1, 0.15) is 0 Å². The van der Waals surface area contributed by atoms with Crippen LogP contribution in [0, 0.1) is 0 Å². The van der Waals surface area contributed by atoms with Gasteiger partial charge in [0, 0.05) is 18.2 Å². The maximum atomic E-state index is 9.66. The van der Waals surface area contributed by atoms with Crippen molar-refractivity contribution in [1.82, 2.24) is 9.55 Å². The molecule has 3 N–H and O–H groups in total. The fourth-order valence-corrected chi connectivity index (χ4v) is 3.14. The molecule has 1 aliphatic carbocycles. The minimum absolute atomic E-state index is 0.188. The molecule has 114 valence electrons. The van der Waals surface area contributed by atoms with E-state index in [1.165, 1.54) is 0 Å². The van der Waals surface area contributed by atoms with Gasteiger partial charge in [-0.15, -0.1) is 0 Å². The number of nitrogens with two attached hydrogens (primary N) is 1. The lowest BCUT2D eigenvalue weighted by atomic mass is 9.93. The Hall–Kier alpha value is -1.95. The van der Waals surface area contributed by atoms with Gasteiger partial charge in [-0.3, -0.25) is 0 Å². The first kappa shape index (κ1) is 14.0. The van der Waals surface area contributed by atoms with E-state index in [9.17, 15) is 5.11 Å².